The van der Waals surface area contributed by atoms with Crippen LogP contribution in [0.15, 0.2) is 133 Å². The Kier molecular flexibility index (Phi) is 12.6. The molecule has 1 aliphatic rings. The van der Waals surface area contributed by atoms with Crippen molar-refractivity contribution in [2.45, 2.75) is 13.0 Å². The first-order valence-electron chi connectivity index (χ1n) is 14.6. The smallest absolute Gasteiger partial charge is 0.285 e. The van der Waals surface area contributed by atoms with Crippen LogP contribution in [0.3, 0.4) is 0 Å². The van der Waals surface area contributed by atoms with Gasteiger partial charge in [0.25, 0.3) is 11.8 Å². The lowest BCUT2D eigenvalue weighted by atomic mass is 9.99. The monoisotopic (exact) mass is 667 g/mol. The molecule has 0 spiro atoms. The molecule has 47 heavy (non-hydrogen) atoms. The zero-order valence-electron chi connectivity index (χ0n) is 26.0. The Balaban J connectivity index is 1.64. The maximum absolute atomic E-state index is 14.0. The number of benzene rings is 3. The summed E-state index contributed by atoms with van der Waals surface area (Å²) in [5.74, 6) is -1.17. The molecule has 1 N–H and O–H groups in total. The molecule has 0 aliphatic carbocycles. The second kappa shape index (κ2) is 17.0. The molecule has 0 fully saturated rings. The predicted molar refractivity (Wildman–Crippen MR) is 189 cm³/mol. The fraction of sp³-hybridized carbons (Fsp3) is 0.135. The van der Waals surface area contributed by atoms with Crippen molar-refractivity contribution in [3.05, 3.63) is 149 Å². The lowest BCUT2D eigenvalue weighted by molar-refractivity contribution is -0.126. The van der Waals surface area contributed by atoms with Gasteiger partial charge in [0, 0.05) is 5.70 Å². The van der Waals surface area contributed by atoms with Crippen molar-refractivity contribution in [3.63, 3.8) is 0 Å². The van der Waals surface area contributed by atoms with Gasteiger partial charge in [0.05, 0.1) is 23.9 Å². The van der Waals surface area contributed by atoms with Gasteiger partial charge in [0.15, 0.2) is 16.7 Å². The van der Waals surface area contributed by atoms with E-state index in [-0.39, 0.29) is 34.0 Å². The molecule has 0 radical (unpaired) electrons. The van der Waals surface area contributed by atoms with Gasteiger partial charge in [-0.1, -0.05) is 121 Å². The minimum absolute atomic E-state index is 0.0638. The Hall–Kier alpha value is -5.12. The van der Waals surface area contributed by atoms with Crippen molar-refractivity contribution >= 4 is 52.3 Å². The number of amides is 3. The first-order valence-corrected chi connectivity index (χ1v) is 16.0. The van der Waals surface area contributed by atoms with E-state index in [0.29, 0.717) is 22.8 Å². The van der Waals surface area contributed by atoms with Crippen molar-refractivity contribution in [3.8, 4) is 11.5 Å². The summed E-state index contributed by atoms with van der Waals surface area (Å²) in [6.07, 6.45) is 9.56. The SMILES string of the molecule is C=C/C=C\C(=C/C)N1C(=O)/C(=C/c2cc(Cl)c(OCC=C)c(OC)c2)C(=O)N=C1SCC(=O)NC(c1ccccc1)c1ccccc1. The Labute approximate surface area is 283 Å². The summed E-state index contributed by atoms with van der Waals surface area (Å²) in [6.45, 7) is 9.30. The van der Waals surface area contributed by atoms with Gasteiger partial charge in [-0.2, -0.15) is 4.99 Å². The van der Waals surface area contributed by atoms with E-state index in [2.05, 4.69) is 23.5 Å². The molecule has 4 rings (SSSR count). The van der Waals surface area contributed by atoms with Crippen LogP contribution in [0.1, 0.15) is 29.7 Å². The number of amidine groups is 1. The topological polar surface area (TPSA) is 97.3 Å². The largest absolute Gasteiger partial charge is 0.493 e. The minimum atomic E-state index is -0.758. The third kappa shape index (κ3) is 8.78. The Bertz CT molecular complexity index is 1730. The molecular weight excluding hydrogens is 634 g/mol. The van der Waals surface area contributed by atoms with Crippen LogP contribution in [-0.4, -0.2) is 47.3 Å². The van der Waals surface area contributed by atoms with E-state index in [1.807, 2.05) is 60.7 Å². The third-order valence-electron chi connectivity index (χ3n) is 6.82. The molecule has 10 heteroatoms. The highest BCUT2D eigenvalue weighted by atomic mass is 35.5. The van der Waals surface area contributed by atoms with Gasteiger partial charge in [-0.3, -0.25) is 19.3 Å². The molecule has 8 nitrogen and oxygen atoms in total. The van der Waals surface area contributed by atoms with Crippen molar-refractivity contribution in [1.29, 1.82) is 0 Å². The van der Waals surface area contributed by atoms with Crippen molar-refractivity contribution in [1.82, 2.24) is 10.2 Å². The number of hydrogen-bond acceptors (Lipinski definition) is 6. The van der Waals surface area contributed by atoms with Crippen molar-refractivity contribution in [2.75, 3.05) is 19.5 Å². The molecule has 0 saturated carbocycles. The highest BCUT2D eigenvalue weighted by Crippen LogP contribution is 2.37. The van der Waals surface area contributed by atoms with Gasteiger partial charge in [0.2, 0.25) is 5.91 Å². The molecule has 3 amide bonds. The van der Waals surface area contributed by atoms with E-state index in [0.717, 1.165) is 22.9 Å². The number of nitrogens with one attached hydrogen (secondary N) is 1. The number of allylic oxidation sites excluding steroid dienone is 4. The van der Waals surface area contributed by atoms with Gasteiger partial charge in [-0.05, 0) is 47.9 Å². The third-order valence-corrected chi connectivity index (χ3v) is 8.04. The van der Waals surface area contributed by atoms with Gasteiger partial charge in [-0.15, -0.1) is 0 Å². The fourth-order valence-corrected chi connectivity index (χ4v) is 5.75. The average molecular weight is 668 g/mol. The normalized spacial score (nSPS) is 14.4. The molecule has 1 aliphatic heterocycles. The summed E-state index contributed by atoms with van der Waals surface area (Å²) in [5, 5.41) is 3.37. The summed E-state index contributed by atoms with van der Waals surface area (Å²) in [4.78, 5) is 46.3. The van der Waals surface area contributed by atoms with Gasteiger partial charge < -0.3 is 14.8 Å². The first kappa shape index (κ1) is 34.7. The molecule has 1 heterocycles. The van der Waals surface area contributed by atoms with E-state index in [4.69, 9.17) is 21.1 Å². The standard InChI is InChI=1S/C37H34ClN3O5S/c1-5-8-19-28(7-3)41-36(44)29(21-25-22-30(38)34(46-20-6-2)31(23-25)45-4)35(43)40-37(41)47-24-32(42)39-33(26-15-11-9-12-16-26)27-17-13-10-14-18-27/h5-19,21-23,33H,1-2,20,24H2,3-4H3,(H,39,42)/b19-8-,28-7+,29-21+. The van der Waals surface area contributed by atoms with Crippen LogP contribution in [0.4, 0.5) is 0 Å². The van der Waals surface area contributed by atoms with E-state index >= 15 is 0 Å². The van der Waals surface area contributed by atoms with E-state index in [1.165, 1.54) is 18.1 Å². The van der Waals surface area contributed by atoms with Gasteiger partial charge in [0.1, 0.15) is 12.2 Å². The van der Waals surface area contributed by atoms with Crippen molar-refractivity contribution < 1.29 is 23.9 Å². The van der Waals surface area contributed by atoms with Crippen molar-refractivity contribution in [2.24, 2.45) is 4.99 Å². The Morgan fingerprint density at radius 1 is 1.06 bits per heavy atom. The molecule has 3 aromatic rings. The van der Waals surface area contributed by atoms with Crippen LogP contribution in [0.25, 0.3) is 6.08 Å². The van der Waals surface area contributed by atoms with Crippen LogP contribution in [0.2, 0.25) is 5.02 Å². The molecular formula is C37H34ClN3O5S. The number of aliphatic imine (C=N–C) groups is 1. The molecule has 0 unspecified atom stereocenters. The average Bonchev–Trinajstić information content (AvgIpc) is 3.09. The second-order valence-electron chi connectivity index (χ2n) is 9.95. The number of carbonyl (C=O) groups excluding carboxylic acids is 3. The van der Waals surface area contributed by atoms with Gasteiger partial charge >= 0.3 is 0 Å². The van der Waals surface area contributed by atoms with E-state index < -0.39 is 17.9 Å². The number of hydrogen-bond donors (Lipinski definition) is 1. The number of halogens is 1. The zero-order chi connectivity index (χ0) is 33.8. The molecule has 0 aromatic heterocycles. The number of ether oxygens (including phenoxy) is 2. The van der Waals surface area contributed by atoms with Crippen LogP contribution in [-0.2, 0) is 14.4 Å². The maximum atomic E-state index is 14.0. The summed E-state index contributed by atoms with van der Waals surface area (Å²) < 4.78 is 11.0. The highest BCUT2D eigenvalue weighted by molar-refractivity contribution is 8.14. The van der Waals surface area contributed by atoms with Crippen LogP contribution in [0.5, 0.6) is 11.5 Å². The molecule has 0 saturated heterocycles. The first-order chi connectivity index (χ1) is 22.8. The van der Waals surface area contributed by atoms with Crippen LogP contribution >= 0.6 is 23.4 Å². The number of rotatable bonds is 13. The Morgan fingerprint density at radius 2 is 1.72 bits per heavy atom. The summed E-state index contributed by atoms with van der Waals surface area (Å²) >= 11 is 7.45. The lowest BCUT2D eigenvalue weighted by Gasteiger charge is -2.28. The predicted octanol–water partition coefficient (Wildman–Crippen LogP) is 7.31. The number of methoxy groups -OCH3 is 1. The highest BCUT2D eigenvalue weighted by Gasteiger charge is 2.35. The lowest BCUT2D eigenvalue weighted by Crippen LogP contribution is -2.42. The summed E-state index contributed by atoms with van der Waals surface area (Å²) in [7, 11) is 1.46. The van der Waals surface area contributed by atoms with E-state index in [9.17, 15) is 14.4 Å². The minimum Gasteiger partial charge on any atom is -0.493 e. The molecule has 240 valence electrons. The van der Waals surface area contributed by atoms with Crippen LogP contribution < -0.4 is 14.8 Å². The molecule has 3 aromatic carbocycles. The van der Waals surface area contributed by atoms with Gasteiger partial charge in [-0.25, -0.2) is 0 Å². The number of carbonyl (C=O) groups is 3. The molecule has 0 atom stereocenters. The zero-order valence-corrected chi connectivity index (χ0v) is 27.6. The fourth-order valence-electron chi connectivity index (χ4n) is 4.67. The number of nitrogens with zero attached hydrogens (tertiary/aromatic N) is 2. The molecule has 0 bridgehead atoms. The quantitative estimate of drug-likeness (QED) is 0.0889. The summed E-state index contributed by atoms with van der Waals surface area (Å²) in [5.41, 5.74) is 2.50. The second-order valence-corrected chi connectivity index (χ2v) is 11.3. The Morgan fingerprint density at radius 3 is 2.30 bits per heavy atom. The van der Waals surface area contributed by atoms with Crippen LogP contribution in [0, 0.1) is 0 Å². The maximum Gasteiger partial charge on any atom is 0.285 e. The van der Waals surface area contributed by atoms with E-state index in [1.54, 1.807) is 49.4 Å². The number of thioether (sulfide) groups is 1. The summed E-state index contributed by atoms with van der Waals surface area (Å²) in [6, 6.07) is 22.0.